The van der Waals surface area contributed by atoms with Gasteiger partial charge in [-0.05, 0) is 25.0 Å². The van der Waals surface area contributed by atoms with Crippen LogP contribution in [0.4, 0.5) is 0 Å². The number of rotatable bonds is 4. The molecule has 0 spiro atoms. The van der Waals surface area contributed by atoms with Crippen molar-refractivity contribution in [3.8, 4) is 0 Å². The second-order valence-corrected chi connectivity index (χ2v) is 5.46. The summed E-state index contributed by atoms with van der Waals surface area (Å²) in [6.07, 6.45) is 2.23. The second-order valence-electron chi connectivity index (χ2n) is 3.75. The highest BCUT2D eigenvalue weighted by molar-refractivity contribution is 7.89. The maximum Gasteiger partial charge on any atom is 0.240 e. The maximum absolute atomic E-state index is 11.8. The van der Waals surface area contributed by atoms with Crippen LogP contribution in [0.15, 0.2) is 29.2 Å². The fourth-order valence-corrected chi connectivity index (χ4v) is 2.70. The van der Waals surface area contributed by atoms with Crippen LogP contribution in [0.1, 0.15) is 18.4 Å². The first-order valence-corrected chi connectivity index (χ1v) is 6.41. The van der Waals surface area contributed by atoms with Crippen LogP contribution in [-0.4, -0.2) is 22.3 Å². The average molecular weight is 221 g/mol. The standard InChI is InChI=1S/C10H12BNO2S/c11-7-8-2-1-3-10(6-8)15(13,14)12-9-4-5-9/h1-3,6,9,12H,4-5,7H2. The van der Waals surface area contributed by atoms with Gasteiger partial charge in [0.15, 0.2) is 0 Å². The largest absolute Gasteiger partial charge is 0.240 e. The number of benzene rings is 1. The first-order valence-electron chi connectivity index (χ1n) is 4.93. The van der Waals surface area contributed by atoms with Crippen LogP contribution in [-0.2, 0) is 16.3 Å². The molecule has 0 saturated heterocycles. The van der Waals surface area contributed by atoms with Gasteiger partial charge in [0.1, 0.15) is 0 Å². The fraction of sp³-hybridized carbons (Fsp3) is 0.400. The highest BCUT2D eigenvalue weighted by Crippen LogP contribution is 2.22. The second kappa shape index (κ2) is 3.98. The molecule has 0 aromatic heterocycles. The van der Waals surface area contributed by atoms with E-state index in [1.165, 1.54) is 0 Å². The zero-order chi connectivity index (χ0) is 10.9. The average Bonchev–Trinajstić information content (AvgIpc) is 3.01. The summed E-state index contributed by atoms with van der Waals surface area (Å²) in [4.78, 5) is 0.303. The van der Waals surface area contributed by atoms with Crippen LogP contribution in [0.5, 0.6) is 0 Å². The van der Waals surface area contributed by atoms with Crippen LogP contribution in [0.25, 0.3) is 0 Å². The van der Waals surface area contributed by atoms with Crippen LogP contribution in [0.3, 0.4) is 0 Å². The summed E-state index contributed by atoms with van der Waals surface area (Å²) >= 11 is 0. The minimum atomic E-state index is -3.34. The zero-order valence-electron chi connectivity index (χ0n) is 8.31. The molecule has 78 valence electrons. The SMILES string of the molecule is [B]Cc1cccc(S(=O)(=O)NC2CC2)c1. The highest BCUT2D eigenvalue weighted by Gasteiger charge is 2.27. The first-order chi connectivity index (χ1) is 7.12. The lowest BCUT2D eigenvalue weighted by Gasteiger charge is -2.06. The molecule has 5 heteroatoms. The van der Waals surface area contributed by atoms with E-state index in [1.807, 2.05) is 6.07 Å². The van der Waals surface area contributed by atoms with Crippen LogP contribution in [0.2, 0.25) is 0 Å². The van der Waals surface area contributed by atoms with Crippen molar-refractivity contribution >= 4 is 17.9 Å². The van der Waals surface area contributed by atoms with E-state index >= 15 is 0 Å². The molecule has 0 aliphatic heterocycles. The van der Waals surface area contributed by atoms with Gasteiger partial charge >= 0.3 is 0 Å². The van der Waals surface area contributed by atoms with Gasteiger partial charge in [0.25, 0.3) is 0 Å². The van der Waals surface area contributed by atoms with Gasteiger partial charge in [0.2, 0.25) is 10.0 Å². The van der Waals surface area contributed by atoms with Gasteiger partial charge in [-0.3, -0.25) is 0 Å². The monoisotopic (exact) mass is 221 g/mol. The van der Waals surface area contributed by atoms with Gasteiger partial charge in [-0.2, -0.15) is 0 Å². The maximum atomic E-state index is 11.8. The Morgan fingerprint density at radius 3 is 2.73 bits per heavy atom. The Labute approximate surface area is 91.3 Å². The van der Waals surface area contributed by atoms with E-state index < -0.39 is 10.0 Å². The molecule has 0 unspecified atom stereocenters. The van der Waals surface area contributed by atoms with Gasteiger partial charge in [-0.1, -0.05) is 24.0 Å². The fourth-order valence-electron chi connectivity index (χ4n) is 1.33. The van der Waals surface area contributed by atoms with Gasteiger partial charge in [0, 0.05) is 6.04 Å². The van der Waals surface area contributed by atoms with E-state index in [4.69, 9.17) is 7.85 Å². The molecule has 1 saturated carbocycles. The number of hydrogen-bond donors (Lipinski definition) is 1. The molecule has 1 aliphatic carbocycles. The molecule has 1 aliphatic rings. The third-order valence-corrected chi connectivity index (χ3v) is 3.86. The molecular formula is C10H12BNO2S. The van der Waals surface area contributed by atoms with Gasteiger partial charge in [-0.25, -0.2) is 13.1 Å². The summed E-state index contributed by atoms with van der Waals surface area (Å²) in [6.45, 7) is 0. The highest BCUT2D eigenvalue weighted by atomic mass is 32.2. The summed E-state index contributed by atoms with van der Waals surface area (Å²) in [5, 5.41) is 0. The van der Waals surface area contributed by atoms with Crippen molar-refractivity contribution in [2.24, 2.45) is 0 Å². The Morgan fingerprint density at radius 1 is 1.40 bits per heavy atom. The van der Waals surface area contributed by atoms with Gasteiger partial charge in [-0.15, -0.1) is 0 Å². The van der Waals surface area contributed by atoms with Gasteiger partial charge < -0.3 is 0 Å². The topological polar surface area (TPSA) is 46.2 Å². The van der Waals surface area contributed by atoms with E-state index in [0.717, 1.165) is 18.4 Å². The van der Waals surface area contributed by atoms with Crippen molar-refractivity contribution in [3.05, 3.63) is 29.8 Å². The predicted molar refractivity (Wildman–Crippen MR) is 59.2 cm³/mol. The normalized spacial score (nSPS) is 16.5. The predicted octanol–water partition coefficient (Wildman–Crippen LogP) is 0.796. The first kappa shape index (κ1) is 10.7. The zero-order valence-corrected chi connectivity index (χ0v) is 9.13. The molecule has 1 aromatic rings. The van der Waals surface area contributed by atoms with E-state index in [-0.39, 0.29) is 6.04 Å². The van der Waals surface area contributed by atoms with Crippen LogP contribution in [0, 0.1) is 0 Å². The Kier molecular flexibility index (Phi) is 2.84. The Morgan fingerprint density at radius 2 is 2.13 bits per heavy atom. The molecule has 2 radical (unpaired) electrons. The Hall–Kier alpha value is -0.805. The molecule has 1 fully saturated rings. The van der Waals surface area contributed by atoms with E-state index in [1.54, 1.807) is 18.2 Å². The molecule has 3 nitrogen and oxygen atoms in total. The summed E-state index contributed by atoms with van der Waals surface area (Å²) in [7, 11) is 2.13. The number of nitrogens with one attached hydrogen (secondary N) is 1. The van der Waals surface area contributed by atoms with Crippen molar-refractivity contribution in [3.63, 3.8) is 0 Å². The van der Waals surface area contributed by atoms with Crippen molar-refractivity contribution in [1.82, 2.24) is 4.72 Å². The summed E-state index contributed by atoms with van der Waals surface area (Å²) in [5.74, 6) is 0. The van der Waals surface area contributed by atoms with Crippen LogP contribution >= 0.6 is 0 Å². The smallest absolute Gasteiger partial charge is 0.208 e. The molecule has 1 N–H and O–H groups in total. The molecular weight excluding hydrogens is 209 g/mol. The molecule has 0 amide bonds. The van der Waals surface area contributed by atoms with Crippen molar-refractivity contribution < 1.29 is 8.42 Å². The van der Waals surface area contributed by atoms with Crippen LogP contribution < -0.4 is 4.72 Å². The summed E-state index contributed by atoms with van der Waals surface area (Å²) in [6, 6.07) is 6.87. The molecule has 1 aromatic carbocycles. The molecule has 0 heterocycles. The third kappa shape index (κ3) is 2.61. The molecule has 0 bridgehead atoms. The van der Waals surface area contributed by atoms with Crippen molar-refractivity contribution in [2.45, 2.75) is 30.1 Å². The Bertz CT molecular complexity index is 454. The van der Waals surface area contributed by atoms with E-state index in [9.17, 15) is 8.42 Å². The lowest BCUT2D eigenvalue weighted by atomic mass is 9.97. The molecule has 0 atom stereocenters. The summed E-state index contributed by atoms with van der Waals surface area (Å²) < 4.78 is 26.2. The van der Waals surface area contributed by atoms with Crippen molar-refractivity contribution in [1.29, 1.82) is 0 Å². The van der Waals surface area contributed by atoms with E-state index in [0.29, 0.717) is 11.2 Å². The molecule has 15 heavy (non-hydrogen) atoms. The minimum absolute atomic E-state index is 0.136. The third-order valence-electron chi connectivity index (χ3n) is 2.34. The minimum Gasteiger partial charge on any atom is -0.208 e. The van der Waals surface area contributed by atoms with Crippen molar-refractivity contribution in [2.75, 3.05) is 0 Å². The number of sulfonamides is 1. The van der Waals surface area contributed by atoms with Gasteiger partial charge in [0.05, 0.1) is 12.7 Å². The van der Waals surface area contributed by atoms with E-state index in [2.05, 4.69) is 4.72 Å². The lowest BCUT2D eigenvalue weighted by molar-refractivity contribution is 0.581. The Balaban J connectivity index is 2.26. The lowest BCUT2D eigenvalue weighted by Crippen LogP contribution is -2.25. The number of hydrogen-bond acceptors (Lipinski definition) is 2. The summed E-state index contributed by atoms with van der Waals surface area (Å²) in [5.41, 5.74) is 0.827. The molecule has 2 rings (SSSR count). The quantitative estimate of drug-likeness (QED) is 0.764.